The first-order valence-corrected chi connectivity index (χ1v) is 9.60. The summed E-state index contributed by atoms with van der Waals surface area (Å²) in [6, 6.07) is 0. The van der Waals surface area contributed by atoms with Crippen LogP contribution in [-0.2, 0) is 4.74 Å². The highest BCUT2D eigenvalue weighted by atomic mass is 16.6. The van der Waals surface area contributed by atoms with E-state index in [9.17, 15) is 4.79 Å². The molecule has 24 heavy (non-hydrogen) atoms. The van der Waals surface area contributed by atoms with Gasteiger partial charge in [0.1, 0.15) is 5.60 Å². The van der Waals surface area contributed by atoms with Gasteiger partial charge in [0, 0.05) is 26.3 Å². The molecule has 0 radical (unpaired) electrons. The second-order valence-corrected chi connectivity index (χ2v) is 7.45. The maximum atomic E-state index is 12.3. The average molecular weight is 346 g/mol. The van der Waals surface area contributed by atoms with Crippen molar-refractivity contribution in [3.05, 3.63) is 0 Å². The van der Waals surface area contributed by atoms with Gasteiger partial charge in [0.15, 0.2) is 0 Å². The Morgan fingerprint density at radius 1 is 0.750 bits per heavy atom. The van der Waals surface area contributed by atoms with E-state index >= 15 is 0 Å². The molecule has 0 aromatic carbocycles. The van der Waals surface area contributed by atoms with Gasteiger partial charge in [-0.3, -0.25) is 0 Å². The third kappa shape index (κ3) is 14.8. The number of carbonyl (C=O) groups excluding carboxylic acids is 1. The smallest absolute Gasteiger partial charge is 0.410 e. The fourth-order valence-electron chi connectivity index (χ4n) is 2.51. The van der Waals surface area contributed by atoms with Crippen molar-refractivity contribution in [2.45, 2.75) is 90.6 Å². The highest BCUT2D eigenvalue weighted by Crippen LogP contribution is 2.13. The van der Waals surface area contributed by atoms with Gasteiger partial charge >= 0.3 is 6.09 Å². The molecule has 0 unspecified atom stereocenters. The largest absolute Gasteiger partial charge is 0.444 e. The molecule has 0 rings (SSSR count). The van der Waals surface area contributed by atoms with Gasteiger partial charge in [0.05, 0.1) is 0 Å². The summed E-state index contributed by atoms with van der Waals surface area (Å²) in [5.41, 5.74) is -0.461. The van der Waals surface area contributed by atoms with Crippen LogP contribution in [0.25, 0.3) is 0 Å². The van der Waals surface area contributed by atoms with Gasteiger partial charge in [-0.1, -0.05) is 38.5 Å². The van der Waals surface area contributed by atoms with Crippen LogP contribution >= 0.6 is 0 Å². The highest BCUT2D eigenvalue weighted by molar-refractivity contribution is 5.68. The molecule has 0 aliphatic carbocycles. The lowest BCUT2D eigenvalue weighted by Gasteiger charge is -2.27. The normalized spacial score (nSPS) is 11.5. The molecule has 0 atom stereocenters. The number of carbonyl (C=O) groups is 1. The zero-order valence-electron chi connectivity index (χ0n) is 16.1. The molecular formula is C19H39NO4. The van der Waals surface area contributed by atoms with E-state index in [1.54, 1.807) is 0 Å². The standard InChI is InChI=1S/C19H39NO4/c1-19(2,3)24-18(23)20(14-10-6-4-8-12-16-21)15-11-7-5-9-13-17-22/h21-22H,4-17H2,1-3H3. The Labute approximate surface area is 148 Å². The minimum absolute atomic E-state index is 0.215. The van der Waals surface area contributed by atoms with Gasteiger partial charge in [-0.25, -0.2) is 4.79 Å². The molecule has 5 heteroatoms. The zero-order valence-corrected chi connectivity index (χ0v) is 16.1. The highest BCUT2D eigenvalue weighted by Gasteiger charge is 2.21. The molecule has 0 bridgehead atoms. The minimum atomic E-state index is -0.461. The van der Waals surface area contributed by atoms with E-state index in [1.165, 1.54) is 0 Å². The number of aliphatic hydroxyl groups excluding tert-OH is 2. The van der Waals surface area contributed by atoms with E-state index in [1.807, 2.05) is 25.7 Å². The average Bonchev–Trinajstić information content (AvgIpc) is 2.50. The number of aliphatic hydroxyl groups is 2. The number of nitrogens with zero attached hydrogens (tertiary/aromatic N) is 1. The van der Waals surface area contributed by atoms with E-state index in [0.29, 0.717) is 0 Å². The first kappa shape index (κ1) is 23.2. The summed E-state index contributed by atoms with van der Waals surface area (Å²) in [6.45, 7) is 7.70. The Kier molecular flexibility index (Phi) is 14.0. The second-order valence-electron chi connectivity index (χ2n) is 7.45. The Hall–Kier alpha value is -0.810. The molecule has 0 spiro atoms. The molecule has 144 valence electrons. The molecule has 0 saturated carbocycles. The number of ether oxygens (including phenoxy) is 1. The Balaban J connectivity index is 4.11. The van der Waals surface area contributed by atoms with Crippen LogP contribution in [0.4, 0.5) is 4.79 Å². The van der Waals surface area contributed by atoms with Crippen LogP contribution in [0, 0.1) is 0 Å². The van der Waals surface area contributed by atoms with E-state index in [0.717, 1.165) is 77.3 Å². The van der Waals surface area contributed by atoms with Crippen molar-refractivity contribution in [3.8, 4) is 0 Å². The molecule has 0 heterocycles. The van der Waals surface area contributed by atoms with Crippen LogP contribution in [0.2, 0.25) is 0 Å². The van der Waals surface area contributed by atoms with E-state index in [-0.39, 0.29) is 19.3 Å². The van der Waals surface area contributed by atoms with Crippen molar-refractivity contribution in [2.75, 3.05) is 26.3 Å². The maximum absolute atomic E-state index is 12.3. The van der Waals surface area contributed by atoms with Crippen molar-refractivity contribution >= 4 is 6.09 Å². The van der Waals surface area contributed by atoms with Gasteiger partial charge in [0.2, 0.25) is 0 Å². The molecule has 0 aliphatic heterocycles. The predicted molar refractivity (Wildman–Crippen MR) is 98.1 cm³/mol. The third-order valence-corrected chi connectivity index (χ3v) is 3.82. The fourth-order valence-corrected chi connectivity index (χ4v) is 2.51. The summed E-state index contributed by atoms with van der Waals surface area (Å²) in [6.07, 6.45) is 9.94. The summed E-state index contributed by atoms with van der Waals surface area (Å²) in [5.74, 6) is 0. The van der Waals surface area contributed by atoms with Gasteiger partial charge in [-0.2, -0.15) is 0 Å². The van der Waals surface area contributed by atoms with Crippen LogP contribution in [0.1, 0.15) is 85.0 Å². The molecule has 0 fully saturated rings. The number of unbranched alkanes of at least 4 members (excludes halogenated alkanes) is 8. The molecule has 5 nitrogen and oxygen atoms in total. The molecule has 2 N–H and O–H groups in total. The first-order valence-electron chi connectivity index (χ1n) is 9.60. The van der Waals surface area contributed by atoms with Crippen LogP contribution < -0.4 is 0 Å². The predicted octanol–water partition coefficient (Wildman–Crippen LogP) is 4.11. The van der Waals surface area contributed by atoms with Crippen LogP contribution in [0.3, 0.4) is 0 Å². The van der Waals surface area contributed by atoms with Crippen LogP contribution in [0.5, 0.6) is 0 Å². The van der Waals surface area contributed by atoms with Crippen molar-refractivity contribution in [2.24, 2.45) is 0 Å². The van der Waals surface area contributed by atoms with Gasteiger partial charge in [0.25, 0.3) is 0 Å². The molecule has 0 aromatic rings. The van der Waals surface area contributed by atoms with Crippen LogP contribution in [-0.4, -0.2) is 53.1 Å². The van der Waals surface area contributed by atoms with Gasteiger partial charge in [-0.15, -0.1) is 0 Å². The van der Waals surface area contributed by atoms with Crippen molar-refractivity contribution < 1.29 is 19.7 Å². The molecule has 0 aromatic heterocycles. The van der Waals surface area contributed by atoms with Gasteiger partial charge < -0.3 is 19.8 Å². The molecular weight excluding hydrogens is 306 g/mol. The summed E-state index contributed by atoms with van der Waals surface area (Å²) in [7, 11) is 0. The molecule has 0 saturated heterocycles. The van der Waals surface area contributed by atoms with E-state index < -0.39 is 5.60 Å². The minimum Gasteiger partial charge on any atom is -0.444 e. The zero-order chi connectivity index (χ0) is 18.3. The third-order valence-electron chi connectivity index (χ3n) is 3.82. The SMILES string of the molecule is CC(C)(C)OC(=O)N(CCCCCCCO)CCCCCCCO. The molecule has 1 amide bonds. The summed E-state index contributed by atoms with van der Waals surface area (Å²) < 4.78 is 5.51. The Bertz CT molecular complexity index is 286. The van der Waals surface area contributed by atoms with Crippen molar-refractivity contribution in [3.63, 3.8) is 0 Å². The maximum Gasteiger partial charge on any atom is 0.410 e. The Morgan fingerprint density at radius 3 is 1.50 bits per heavy atom. The lowest BCUT2D eigenvalue weighted by molar-refractivity contribution is 0.0243. The van der Waals surface area contributed by atoms with E-state index in [4.69, 9.17) is 14.9 Å². The van der Waals surface area contributed by atoms with Gasteiger partial charge in [-0.05, 0) is 46.5 Å². The van der Waals surface area contributed by atoms with Crippen molar-refractivity contribution in [1.82, 2.24) is 4.90 Å². The van der Waals surface area contributed by atoms with Crippen molar-refractivity contribution in [1.29, 1.82) is 0 Å². The second kappa shape index (κ2) is 14.5. The monoisotopic (exact) mass is 345 g/mol. The van der Waals surface area contributed by atoms with E-state index in [2.05, 4.69) is 0 Å². The Morgan fingerprint density at radius 2 is 1.12 bits per heavy atom. The summed E-state index contributed by atoms with van der Waals surface area (Å²) in [4.78, 5) is 14.2. The number of amides is 1. The lowest BCUT2D eigenvalue weighted by Crippen LogP contribution is -2.38. The first-order chi connectivity index (χ1) is 11.4. The fraction of sp³-hybridized carbons (Fsp3) is 0.947. The number of hydrogen-bond donors (Lipinski definition) is 2. The number of hydrogen-bond acceptors (Lipinski definition) is 4. The summed E-state index contributed by atoms with van der Waals surface area (Å²) >= 11 is 0. The molecule has 0 aliphatic rings. The van der Waals surface area contributed by atoms with Crippen LogP contribution in [0.15, 0.2) is 0 Å². The lowest BCUT2D eigenvalue weighted by atomic mass is 10.1. The topological polar surface area (TPSA) is 70.0 Å². The quantitative estimate of drug-likeness (QED) is 0.465. The summed E-state index contributed by atoms with van der Waals surface area (Å²) in [5, 5.41) is 17.6. The number of rotatable bonds is 14.